The first-order valence-electron chi connectivity index (χ1n) is 11.9. The van der Waals surface area contributed by atoms with Gasteiger partial charge in [-0.05, 0) is 44.9 Å². The normalized spacial score (nSPS) is 19.1. The van der Waals surface area contributed by atoms with Crippen LogP contribution in [-0.2, 0) is 17.8 Å². The topological polar surface area (TPSA) is 80.4 Å². The zero-order chi connectivity index (χ0) is 24.4. The van der Waals surface area contributed by atoms with Gasteiger partial charge in [0.2, 0.25) is 0 Å². The summed E-state index contributed by atoms with van der Waals surface area (Å²) in [6, 6.07) is 9.56. The highest BCUT2D eigenvalue weighted by atomic mass is 32.2. The maximum atomic E-state index is 13.2. The van der Waals surface area contributed by atoms with Crippen molar-refractivity contribution in [3.05, 3.63) is 65.8 Å². The molecule has 0 bridgehead atoms. The van der Waals surface area contributed by atoms with Crippen molar-refractivity contribution < 1.29 is 19.0 Å². The molecule has 1 saturated heterocycles. The van der Waals surface area contributed by atoms with Crippen molar-refractivity contribution in [2.45, 2.75) is 57.1 Å². The summed E-state index contributed by atoms with van der Waals surface area (Å²) in [5.74, 6) is 2.40. The van der Waals surface area contributed by atoms with Crippen LogP contribution in [0.4, 0.5) is 0 Å². The number of ether oxygens (including phenoxy) is 3. The standard InChI is InChI=1S/C26H30N4O4S/c1-4-11-29-25(24-15-33-22-9-5-6-10-23(22)34-24)27-28-26(29)35-16-21(31)20-13-17(2)30(18(20)3)14-19-8-7-12-32-19/h4-6,9-10,13,19,24H,1,7-8,11-12,14-16H2,2-3H3. The molecule has 0 spiro atoms. The highest BCUT2D eigenvalue weighted by Gasteiger charge is 2.29. The second-order valence-electron chi connectivity index (χ2n) is 8.85. The predicted octanol–water partition coefficient (Wildman–Crippen LogP) is 4.55. The smallest absolute Gasteiger partial charge is 0.192 e. The number of allylic oxidation sites excluding steroid dienone is 1. The van der Waals surface area contributed by atoms with Crippen LogP contribution in [0.25, 0.3) is 0 Å². The number of nitrogens with zero attached hydrogens (tertiary/aromatic N) is 4. The molecule has 5 rings (SSSR count). The molecule has 2 aromatic heterocycles. The molecule has 0 aliphatic carbocycles. The molecule has 9 heteroatoms. The van der Waals surface area contributed by atoms with E-state index < -0.39 is 0 Å². The second kappa shape index (κ2) is 10.3. The molecule has 0 saturated carbocycles. The number of fused-ring (bicyclic) bond motifs is 1. The van der Waals surface area contributed by atoms with Gasteiger partial charge in [-0.15, -0.1) is 16.8 Å². The molecule has 0 N–H and O–H groups in total. The van der Waals surface area contributed by atoms with Gasteiger partial charge in [0.05, 0.1) is 11.9 Å². The summed E-state index contributed by atoms with van der Waals surface area (Å²) in [4.78, 5) is 13.2. The fraction of sp³-hybridized carbons (Fsp3) is 0.423. The Hall–Kier alpha value is -3.04. The Morgan fingerprint density at radius 1 is 1.23 bits per heavy atom. The van der Waals surface area contributed by atoms with Gasteiger partial charge in [0.25, 0.3) is 0 Å². The van der Waals surface area contributed by atoms with Crippen LogP contribution >= 0.6 is 11.8 Å². The van der Waals surface area contributed by atoms with Crippen molar-refractivity contribution in [1.82, 2.24) is 19.3 Å². The third kappa shape index (κ3) is 4.88. The molecule has 2 aliphatic rings. The van der Waals surface area contributed by atoms with Gasteiger partial charge >= 0.3 is 0 Å². The Morgan fingerprint density at radius 2 is 2.06 bits per heavy atom. The average molecular weight is 495 g/mol. The molecule has 0 amide bonds. The van der Waals surface area contributed by atoms with Crippen molar-refractivity contribution in [1.29, 1.82) is 0 Å². The number of hydrogen-bond donors (Lipinski definition) is 0. The van der Waals surface area contributed by atoms with Crippen molar-refractivity contribution in [2.75, 3.05) is 19.0 Å². The molecule has 2 unspecified atom stereocenters. The summed E-state index contributed by atoms with van der Waals surface area (Å²) >= 11 is 1.38. The molecule has 3 aromatic rings. The fourth-order valence-corrected chi connectivity index (χ4v) is 5.49. The number of hydrogen-bond acceptors (Lipinski definition) is 7. The summed E-state index contributed by atoms with van der Waals surface area (Å²) in [5.41, 5.74) is 2.82. The fourth-order valence-electron chi connectivity index (χ4n) is 4.66. The Kier molecular flexibility index (Phi) is 6.97. The number of aryl methyl sites for hydroxylation is 1. The molecule has 8 nitrogen and oxygen atoms in total. The maximum Gasteiger partial charge on any atom is 0.192 e. The van der Waals surface area contributed by atoms with E-state index in [0.29, 0.717) is 29.9 Å². The Bertz CT molecular complexity index is 1230. The lowest BCUT2D eigenvalue weighted by Crippen LogP contribution is -2.25. The van der Waals surface area contributed by atoms with Gasteiger partial charge in [-0.1, -0.05) is 30.0 Å². The van der Waals surface area contributed by atoms with Crippen molar-refractivity contribution in [2.24, 2.45) is 0 Å². The minimum atomic E-state index is -0.390. The van der Waals surface area contributed by atoms with E-state index in [-0.39, 0.29) is 23.7 Å². The zero-order valence-electron chi connectivity index (χ0n) is 20.1. The van der Waals surface area contributed by atoms with Crippen LogP contribution in [0, 0.1) is 13.8 Å². The van der Waals surface area contributed by atoms with Gasteiger partial charge in [0, 0.05) is 36.6 Å². The second-order valence-corrected chi connectivity index (χ2v) is 9.79. The summed E-state index contributed by atoms with van der Waals surface area (Å²) in [5, 5.41) is 9.41. The molecular weight excluding hydrogens is 464 g/mol. The lowest BCUT2D eigenvalue weighted by atomic mass is 10.2. The molecule has 0 radical (unpaired) electrons. The summed E-state index contributed by atoms with van der Waals surface area (Å²) in [7, 11) is 0. The number of ketones is 1. The molecular formula is C26H30N4O4S. The predicted molar refractivity (Wildman–Crippen MR) is 133 cm³/mol. The quantitative estimate of drug-likeness (QED) is 0.245. The van der Waals surface area contributed by atoms with Crippen molar-refractivity contribution in [3.8, 4) is 11.5 Å². The van der Waals surface area contributed by atoms with Crippen LogP contribution < -0.4 is 9.47 Å². The van der Waals surface area contributed by atoms with Crippen molar-refractivity contribution in [3.63, 3.8) is 0 Å². The minimum Gasteiger partial charge on any atom is -0.485 e. The van der Waals surface area contributed by atoms with Crippen LogP contribution in [0.5, 0.6) is 11.5 Å². The van der Waals surface area contributed by atoms with Crippen molar-refractivity contribution >= 4 is 17.5 Å². The Balaban J connectivity index is 1.29. The lowest BCUT2D eigenvalue weighted by molar-refractivity contribution is 0.0821. The largest absolute Gasteiger partial charge is 0.485 e. The molecule has 1 aromatic carbocycles. The number of thioether (sulfide) groups is 1. The lowest BCUT2D eigenvalue weighted by Gasteiger charge is -2.26. The van der Waals surface area contributed by atoms with Gasteiger partial charge in [0.15, 0.2) is 34.4 Å². The summed E-state index contributed by atoms with van der Waals surface area (Å²) in [6.45, 7) is 10.4. The summed E-state index contributed by atoms with van der Waals surface area (Å²) in [6.07, 6.45) is 3.79. The first-order valence-corrected chi connectivity index (χ1v) is 12.9. The zero-order valence-corrected chi connectivity index (χ0v) is 20.9. The number of Topliss-reactive ketones (excluding diaryl/α,β-unsaturated/α-hetero) is 1. The van der Waals surface area contributed by atoms with E-state index in [1.54, 1.807) is 6.08 Å². The van der Waals surface area contributed by atoms with Crippen LogP contribution in [-0.4, -0.2) is 50.2 Å². The Morgan fingerprint density at radius 3 is 2.83 bits per heavy atom. The summed E-state index contributed by atoms with van der Waals surface area (Å²) < 4.78 is 21.9. The first kappa shape index (κ1) is 23.7. The van der Waals surface area contributed by atoms with Gasteiger partial charge in [-0.2, -0.15) is 0 Å². The SMILES string of the molecule is C=CCn1c(SCC(=O)c2cc(C)n(CC3CCCO3)c2C)nnc1C1COc2ccccc2O1. The van der Waals surface area contributed by atoms with E-state index in [0.717, 1.165) is 48.7 Å². The van der Waals surface area contributed by atoms with Gasteiger partial charge in [0.1, 0.15) is 6.61 Å². The van der Waals surface area contributed by atoms with Crippen LogP contribution in [0.1, 0.15) is 46.5 Å². The highest BCUT2D eigenvalue weighted by Crippen LogP contribution is 2.36. The minimum absolute atomic E-state index is 0.0718. The van der Waals surface area contributed by atoms with E-state index in [9.17, 15) is 4.79 Å². The van der Waals surface area contributed by atoms with Crippen LogP contribution in [0.15, 0.2) is 48.1 Å². The van der Waals surface area contributed by atoms with E-state index in [1.807, 2.05) is 48.7 Å². The molecule has 4 heterocycles. The number of aromatic nitrogens is 4. The van der Waals surface area contributed by atoms with E-state index in [4.69, 9.17) is 14.2 Å². The monoisotopic (exact) mass is 494 g/mol. The first-order chi connectivity index (χ1) is 17.0. The van der Waals surface area contributed by atoms with Gasteiger partial charge in [-0.3, -0.25) is 9.36 Å². The van der Waals surface area contributed by atoms with E-state index >= 15 is 0 Å². The Labute approximate surface area is 209 Å². The number of rotatable bonds is 9. The van der Waals surface area contributed by atoms with Gasteiger partial charge in [-0.25, -0.2) is 0 Å². The number of para-hydroxylation sites is 2. The van der Waals surface area contributed by atoms with E-state index in [2.05, 4.69) is 21.3 Å². The molecule has 35 heavy (non-hydrogen) atoms. The number of carbonyl (C=O) groups excluding carboxylic acids is 1. The third-order valence-corrected chi connectivity index (χ3v) is 7.44. The molecule has 184 valence electrons. The van der Waals surface area contributed by atoms with Gasteiger partial charge < -0.3 is 18.8 Å². The highest BCUT2D eigenvalue weighted by molar-refractivity contribution is 7.99. The van der Waals surface area contributed by atoms with Crippen LogP contribution in [0.2, 0.25) is 0 Å². The number of carbonyl (C=O) groups is 1. The van der Waals surface area contributed by atoms with Crippen LogP contribution in [0.3, 0.4) is 0 Å². The third-order valence-electron chi connectivity index (χ3n) is 6.47. The average Bonchev–Trinajstić information content (AvgIpc) is 3.59. The van der Waals surface area contributed by atoms with E-state index in [1.165, 1.54) is 11.8 Å². The molecule has 2 aliphatic heterocycles. The maximum absolute atomic E-state index is 13.2. The molecule has 1 fully saturated rings. The number of benzene rings is 1. The molecule has 2 atom stereocenters.